The van der Waals surface area contributed by atoms with Gasteiger partial charge in [0.15, 0.2) is 5.78 Å². The summed E-state index contributed by atoms with van der Waals surface area (Å²) in [7, 11) is 0. The van der Waals surface area contributed by atoms with E-state index in [1.165, 1.54) is 12.8 Å². The normalized spacial score (nSPS) is 19.5. The van der Waals surface area contributed by atoms with Crippen molar-refractivity contribution in [1.82, 2.24) is 4.90 Å². The molecule has 1 aromatic carbocycles. The van der Waals surface area contributed by atoms with Gasteiger partial charge in [-0.15, -0.1) is 0 Å². The minimum absolute atomic E-state index is 0.132. The molecule has 1 aliphatic heterocycles. The largest absolute Gasteiger partial charge is 0.492 e. The fraction of sp³-hybridized carbons (Fsp3) is 0.588. The van der Waals surface area contributed by atoms with Crippen LogP contribution >= 0.6 is 11.6 Å². The molecule has 1 atom stereocenters. The molecular weight excluding hydrogens is 286 g/mol. The lowest BCUT2D eigenvalue weighted by Gasteiger charge is -2.30. The molecule has 0 bridgehead atoms. The van der Waals surface area contributed by atoms with E-state index in [1.54, 1.807) is 12.1 Å². The summed E-state index contributed by atoms with van der Waals surface area (Å²) in [5, 5.41) is 0.515. The number of hydrogen-bond acceptors (Lipinski definition) is 3. The number of ether oxygens (including phenoxy) is 1. The van der Waals surface area contributed by atoms with Crippen molar-refractivity contribution < 1.29 is 9.53 Å². The summed E-state index contributed by atoms with van der Waals surface area (Å²) in [6.45, 7) is 7.44. The topological polar surface area (TPSA) is 29.5 Å². The van der Waals surface area contributed by atoms with Crippen LogP contribution in [0.3, 0.4) is 0 Å². The van der Waals surface area contributed by atoms with Crippen molar-refractivity contribution in [3.63, 3.8) is 0 Å². The second-order valence-electron chi connectivity index (χ2n) is 5.90. The van der Waals surface area contributed by atoms with Gasteiger partial charge in [-0.05, 0) is 49.9 Å². The number of carbonyl (C=O) groups is 1. The molecule has 1 aromatic rings. The number of piperidine rings is 1. The van der Waals surface area contributed by atoms with Gasteiger partial charge in [-0.2, -0.15) is 0 Å². The van der Waals surface area contributed by atoms with E-state index in [0.717, 1.165) is 19.5 Å². The minimum atomic E-state index is 0.132. The number of hydrogen-bond donors (Lipinski definition) is 0. The monoisotopic (exact) mass is 309 g/mol. The Morgan fingerprint density at radius 2 is 2.29 bits per heavy atom. The standard InChI is InChI=1S/C17H24ClNO2/c1-3-9-21-17-7-6-14(10-15(17)18)16(20)12-19-8-4-5-13(2)11-19/h6-7,10,13H,3-5,8-9,11-12H2,1-2H3. The van der Waals surface area contributed by atoms with Crippen LogP contribution in [0, 0.1) is 5.92 Å². The van der Waals surface area contributed by atoms with Crippen molar-refractivity contribution in [3.05, 3.63) is 28.8 Å². The predicted molar refractivity (Wildman–Crippen MR) is 86.4 cm³/mol. The molecule has 0 aliphatic carbocycles. The molecule has 21 heavy (non-hydrogen) atoms. The van der Waals surface area contributed by atoms with Gasteiger partial charge in [0, 0.05) is 12.1 Å². The van der Waals surface area contributed by atoms with E-state index in [-0.39, 0.29) is 5.78 Å². The van der Waals surface area contributed by atoms with E-state index in [1.807, 2.05) is 13.0 Å². The Balaban J connectivity index is 1.97. The van der Waals surface area contributed by atoms with Gasteiger partial charge in [-0.3, -0.25) is 9.69 Å². The molecule has 1 aliphatic rings. The van der Waals surface area contributed by atoms with Crippen LogP contribution in [0.4, 0.5) is 0 Å². The maximum atomic E-state index is 12.4. The van der Waals surface area contributed by atoms with E-state index in [4.69, 9.17) is 16.3 Å². The first-order valence-corrected chi connectivity index (χ1v) is 8.16. The Morgan fingerprint density at radius 1 is 1.48 bits per heavy atom. The van der Waals surface area contributed by atoms with Crippen LogP contribution in [0.1, 0.15) is 43.5 Å². The summed E-state index contributed by atoms with van der Waals surface area (Å²) in [5.74, 6) is 1.47. The Kier molecular flexibility index (Phi) is 6.07. The summed E-state index contributed by atoms with van der Waals surface area (Å²) in [6, 6.07) is 5.33. The van der Waals surface area contributed by atoms with Gasteiger partial charge < -0.3 is 4.74 Å². The summed E-state index contributed by atoms with van der Waals surface area (Å²) >= 11 is 6.18. The number of carbonyl (C=O) groups excluding carboxylic acids is 1. The zero-order valence-electron chi connectivity index (χ0n) is 12.9. The Labute approximate surface area is 132 Å². The van der Waals surface area contributed by atoms with Gasteiger partial charge in [0.05, 0.1) is 18.2 Å². The van der Waals surface area contributed by atoms with Crippen molar-refractivity contribution in [1.29, 1.82) is 0 Å². The molecule has 0 amide bonds. The van der Waals surface area contributed by atoms with Crippen LogP contribution < -0.4 is 4.74 Å². The lowest BCUT2D eigenvalue weighted by atomic mass is 9.99. The Hall–Kier alpha value is -1.06. The summed E-state index contributed by atoms with van der Waals surface area (Å²) in [6.07, 6.45) is 3.38. The number of likely N-dealkylation sites (tertiary alicyclic amines) is 1. The summed E-state index contributed by atoms with van der Waals surface area (Å²) < 4.78 is 5.53. The highest BCUT2D eigenvalue weighted by Crippen LogP contribution is 2.26. The molecule has 116 valence electrons. The zero-order valence-corrected chi connectivity index (χ0v) is 13.7. The maximum Gasteiger partial charge on any atom is 0.176 e. The highest BCUT2D eigenvalue weighted by atomic mass is 35.5. The smallest absolute Gasteiger partial charge is 0.176 e. The zero-order chi connectivity index (χ0) is 15.2. The molecule has 0 saturated carbocycles. The first-order valence-electron chi connectivity index (χ1n) is 7.78. The van der Waals surface area contributed by atoms with Crippen molar-refractivity contribution in [2.45, 2.75) is 33.1 Å². The molecule has 0 N–H and O–H groups in total. The fourth-order valence-corrected chi connectivity index (χ4v) is 2.96. The third-order valence-electron chi connectivity index (χ3n) is 3.82. The maximum absolute atomic E-state index is 12.4. The van der Waals surface area contributed by atoms with Crippen LogP contribution in [-0.4, -0.2) is 36.9 Å². The molecule has 0 spiro atoms. The molecular formula is C17H24ClNO2. The SMILES string of the molecule is CCCOc1ccc(C(=O)CN2CCCC(C)C2)cc1Cl. The third-order valence-corrected chi connectivity index (χ3v) is 4.12. The molecule has 3 nitrogen and oxygen atoms in total. The molecule has 1 heterocycles. The van der Waals surface area contributed by atoms with Gasteiger partial charge in [0.1, 0.15) is 5.75 Å². The van der Waals surface area contributed by atoms with Crippen molar-refractivity contribution in [3.8, 4) is 5.75 Å². The number of Topliss-reactive ketones (excluding diaryl/α,β-unsaturated/α-hetero) is 1. The molecule has 0 aromatic heterocycles. The minimum Gasteiger partial charge on any atom is -0.492 e. The van der Waals surface area contributed by atoms with Crippen LogP contribution in [-0.2, 0) is 0 Å². The molecule has 0 radical (unpaired) electrons. The van der Waals surface area contributed by atoms with E-state index in [2.05, 4.69) is 11.8 Å². The van der Waals surface area contributed by atoms with E-state index >= 15 is 0 Å². The first kappa shape index (κ1) is 16.3. The van der Waals surface area contributed by atoms with E-state index in [9.17, 15) is 4.79 Å². The van der Waals surface area contributed by atoms with E-state index in [0.29, 0.717) is 35.4 Å². The van der Waals surface area contributed by atoms with Crippen molar-refractivity contribution in [2.75, 3.05) is 26.2 Å². The lowest BCUT2D eigenvalue weighted by Crippen LogP contribution is -2.37. The highest BCUT2D eigenvalue weighted by Gasteiger charge is 2.19. The van der Waals surface area contributed by atoms with E-state index < -0.39 is 0 Å². The van der Waals surface area contributed by atoms with Gasteiger partial charge in [0.25, 0.3) is 0 Å². The predicted octanol–water partition coefficient (Wildman–Crippen LogP) is 4.04. The van der Waals surface area contributed by atoms with Crippen molar-refractivity contribution in [2.24, 2.45) is 5.92 Å². The lowest BCUT2D eigenvalue weighted by molar-refractivity contribution is 0.0893. The Bertz CT molecular complexity index is 490. The number of rotatable bonds is 6. The number of ketones is 1. The summed E-state index contributed by atoms with van der Waals surface area (Å²) in [5.41, 5.74) is 0.669. The van der Waals surface area contributed by atoms with Gasteiger partial charge >= 0.3 is 0 Å². The molecule has 1 saturated heterocycles. The van der Waals surface area contributed by atoms with Crippen LogP contribution in [0.25, 0.3) is 0 Å². The van der Waals surface area contributed by atoms with Gasteiger partial charge in [-0.1, -0.05) is 25.4 Å². The van der Waals surface area contributed by atoms with Gasteiger partial charge in [-0.25, -0.2) is 0 Å². The molecule has 2 rings (SSSR count). The highest BCUT2D eigenvalue weighted by molar-refractivity contribution is 6.32. The number of nitrogens with zero attached hydrogens (tertiary/aromatic N) is 1. The Morgan fingerprint density at radius 3 is 2.95 bits per heavy atom. The van der Waals surface area contributed by atoms with Crippen LogP contribution in [0.15, 0.2) is 18.2 Å². The number of halogens is 1. The quantitative estimate of drug-likeness (QED) is 0.743. The molecule has 1 fully saturated rings. The second-order valence-corrected chi connectivity index (χ2v) is 6.31. The van der Waals surface area contributed by atoms with Crippen LogP contribution in [0.2, 0.25) is 5.02 Å². The molecule has 1 unspecified atom stereocenters. The summed E-state index contributed by atoms with van der Waals surface area (Å²) in [4.78, 5) is 14.6. The van der Waals surface area contributed by atoms with Gasteiger partial charge in [0.2, 0.25) is 0 Å². The number of benzene rings is 1. The second kappa shape index (κ2) is 7.81. The average Bonchev–Trinajstić information content (AvgIpc) is 2.46. The average molecular weight is 310 g/mol. The van der Waals surface area contributed by atoms with Crippen LogP contribution in [0.5, 0.6) is 5.75 Å². The van der Waals surface area contributed by atoms with Crippen molar-refractivity contribution >= 4 is 17.4 Å². The molecule has 4 heteroatoms. The first-order chi connectivity index (χ1) is 10.1. The fourth-order valence-electron chi connectivity index (χ4n) is 2.73. The third kappa shape index (κ3) is 4.72.